The zero-order valence-electron chi connectivity index (χ0n) is 12.3. The molecule has 120 valence electrons. The molecule has 0 aliphatic heterocycles. The Balaban J connectivity index is 1.98. The summed E-state index contributed by atoms with van der Waals surface area (Å²) in [6.07, 6.45) is 2.51. The van der Waals surface area contributed by atoms with Crippen LogP contribution < -0.4 is 5.73 Å². The van der Waals surface area contributed by atoms with E-state index in [9.17, 15) is 13.2 Å². The van der Waals surface area contributed by atoms with Crippen LogP contribution in [0, 0.1) is 0 Å². The first-order chi connectivity index (χ1) is 9.88. The van der Waals surface area contributed by atoms with Crippen molar-refractivity contribution in [3.63, 3.8) is 0 Å². The van der Waals surface area contributed by atoms with Crippen molar-refractivity contribution in [2.75, 3.05) is 5.73 Å². The van der Waals surface area contributed by atoms with Gasteiger partial charge in [0.15, 0.2) is 0 Å². The van der Waals surface area contributed by atoms with Crippen molar-refractivity contribution in [1.29, 1.82) is 0 Å². The van der Waals surface area contributed by atoms with Crippen LogP contribution in [0.5, 0.6) is 0 Å². The van der Waals surface area contributed by atoms with Gasteiger partial charge in [-0.2, -0.15) is 13.2 Å². The molecule has 5 heteroatoms. The monoisotopic (exact) mass is 319 g/mol. The van der Waals surface area contributed by atoms with E-state index in [1.54, 1.807) is 0 Å². The predicted octanol–water partition coefficient (Wildman–Crippen LogP) is 5.78. The van der Waals surface area contributed by atoms with Crippen LogP contribution in [0.3, 0.4) is 0 Å². The van der Waals surface area contributed by atoms with Gasteiger partial charge in [0.1, 0.15) is 0 Å². The molecular formula is C16H24F3NS. The summed E-state index contributed by atoms with van der Waals surface area (Å²) in [4.78, 5) is 0.803. The van der Waals surface area contributed by atoms with Gasteiger partial charge in [0, 0.05) is 17.0 Å². The molecule has 21 heavy (non-hydrogen) atoms. The lowest BCUT2D eigenvalue weighted by Gasteiger charge is -2.06. The number of thiol groups is 1. The lowest BCUT2D eigenvalue weighted by molar-refractivity contribution is -0.135. The zero-order valence-corrected chi connectivity index (χ0v) is 13.1. The summed E-state index contributed by atoms with van der Waals surface area (Å²) in [5.74, 6) is 0. The maximum Gasteiger partial charge on any atom is 0.389 e. The van der Waals surface area contributed by atoms with Gasteiger partial charge >= 0.3 is 6.18 Å². The molecule has 2 N–H and O–H groups in total. The van der Waals surface area contributed by atoms with E-state index in [1.165, 1.54) is 5.56 Å². The first-order valence-corrected chi connectivity index (χ1v) is 7.97. The number of anilines is 1. The highest BCUT2D eigenvalue weighted by Crippen LogP contribution is 2.23. The van der Waals surface area contributed by atoms with E-state index in [0.717, 1.165) is 43.4 Å². The highest BCUT2D eigenvalue weighted by atomic mass is 32.1. The Morgan fingerprint density at radius 2 is 1.48 bits per heavy atom. The molecule has 0 fully saturated rings. The third kappa shape index (κ3) is 8.91. The van der Waals surface area contributed by atoms with E-state index in [-0.39, 0.29) is 6.42 Å². The Bertz CT molecular complexity index is 418. The number of aryl methyl sites for hydroxylation is 1. The van der Waals surface area contributed by atoms with Crippen molar-refractivity contribution >= 4 is 18.3 Å². The van der Waals surface area contributed by atoms with Gasteiger partial charge in [-0.1, -0.05) is 38.2 Å². The van der Waals surface area contributed by atoms with Crippen molar-refractivity contribution in [2.24, 2.45) is 0 Å². The second-order valence-corrected chi connectivity index (χ2v) is 5.97. The molecular weight excluding hydrogens is 295 g/mol. The third-order valence-electron chi connectivity index (χ3n) is 3.52. The zero-order chi connectivity index (χ0) is 15.7. The number of hydrogen-bond donors (Lipinski definition) is 2. The molecule has 0 amide bonds. The molecule has 0 aliphatic rings. The smallest absolute Gasteiger partial charge is 0.389 e. The van der Waals surface area contributed by atoms with Gasteiger partial charge in [-0.05, 0) is 37.0 Å². The summed E-state index contributed by atoms with van der Waals surface area (Å²) >= 11 is 4.23. The molecule has 1 aromatic carbocycles. The fourth-order valence-electron chi connectivity index (χ4n) is 2.30. The Kier molecular flexibility index (Phi) is 8.01. The first kappa shape index (κ1) is 18.2. The highest BCUT2D eigenvalue weighted by molar-refractivity contribution is 7.80. The minimum atomic E-state index is -4.00. The predicted molar refractivity (Wildman–Crippen MR) is 84.8 cm³/mol. The number of hydrogen-bond acceptors (Lipinski definition) is 2. The van der Waals surface area contributed by atoms with Crippen molar-refractivity contribution in [3.8, 4) is 0 Å². The average Bonchev–Trinajstić information content (AvgIpc) is 2.39. The molecule has 1 rings (SSSR count). The van der Waals surface area contributed by atoms with Crippen LogP contribution in [-0.2, 0) is 6.42 Å². The van der Waals surface area contributed by atoms with E-state index < -0.39 is 12.6 Å². The van der Waals surface area contributed by atoms with Crippen LogP contribution in [-0.4, -0.2) is 6.18 Å². The SMILES string of the molecule is Nc1cc(CCCCCCCCCC(F)(F)F)ccc1S. The van der Waals surface area contributed by atoms with Crippen molar-refractivity contribution < 1.29 is 13.2 Å². The lowest BCUT2D eigenvalue weighted by Crippen LogP contribution is -2.06. The number of unbranched alkanes of at least 4 members (excludes halogenated alkanes) is 6. The fraction of sp³-hybridized carbons (Fsp3) is 0.625. The second kappa shape index (κ2) is 9.23. The normalized spacial score (nSPS) is 11.8. The third-order valence-corrected chi connectivity index (χ3v) is 3.92. The molecule has 0 unspecified atom stereocenters. The van der Waals surface area contributed by atoms with Crippen molar-refractivity contribution in [3.05, 3.63) is 23.8 Å². The molecule has 0 bridgehead atoms. The Morgan fingerprint density at radius 1 is 0.905 bits per heavy atom. The summed E-state index contributed by atoms with van der Waals surface area (Å²) in [7, 11) is 0. The van der Waals surface area contributed by atoms with Crippen molar-refractivity contribution in [1.82, 2.24) is 0 Å². The fourth-order valence-corrected chi connectivity index (χ4v) is 2.44. The number of nitrogen functional groups attached to an aromatic ring is 1. The number of rotatable bonds is 9. The van der Waals surface area contributed by atoms with Gasteiger partial charge in [0.05, 0.1) is 0 Å². The molecule has 0 atom stereocenters. The van der Waals surface area contributed by atoms with Crippen LogP contribution in [0.25, 0.3) is 0 Å². The first-order valence-electron chi connectivity index (χ1n) is 7.52. The minimum Gasteiger partial charge on any atom is -0.398 e. The standard InChI is InChI=1S/C16H24F3NS/c17-16(18,19)11-7-5-3-1-2-4-6-8-13-9-10-15(21)14(20)12-13/h9-10,12,21H,1-8,11,20H2. The van der Waals surface area contributed by atoms with Crippen LogP contribution in [0.15, 0.2) is 23.1 Å². The maximum absolute atomic E-state index is 11.9. The molecule has 1 aromatic rings. The van der Waals surface area contributed by atoms with Gasteiger partial charge in [0.25, 0.3) is 0 Å². The van der Waals surface area contributed by atoms with Crippen LogP contribution in [0.1, 0.15) is 56.9 Å². The topological polar surface area (TPSA) is 26.0 Å². The van der Waals surface area contributed by atoms with Gasteiger partial charge in [0.2, 0.25) is 0 Å². The van der Waals surface area contributed by atoms with E-state index in [4.69, 9.17) is 5.73 Å². The van der Waals surface area contributed by atoms with Crippen LogP contribution in [0.2, 0.25) is 0 Å². The Hall–Kier alpha value is -0.840. The van der Waals surface area contributed by atoms with Crippen LogP contribution in [0.4, 0.5) is 18.9 Å². The Labute approximate surface area is 130 Å². The maximum atomic E-state index is 11.9. The molecule has 0 spiro atoms. The number of alkyl halides is 3. The summed E-state index contributed by atoms with van der Waals surface area (Å²) in [6.45, 7) is 0. The molecule has 0 heterocycles. The summed E-state index contributed by atoms with van der Waals surface area (Å²) in [5, 5.41) is 0. The molecule has 0 saturated heterocycles. The number of benzene rings is 1. The lowest BCUT2D eigenvalue weighted by atomic mass is 10.0. The molecule has 1 nitrogen and oxygen atoms in total. The van der Waals surface area contributed by atoms with Gasteiger partial charge in [-0.15, -0.1) is 12.6 Å². The molecule has 0 aliphatic carbocycles. The number of nitrogens with two attached hydrogens (primary N) is 1. The second-order valence-electron chi connectivity index (χ2n) is 5.48. The van der Waals surface area contributed by atoms with E-state index in [0.29, 0.717) is 12.1 Å². The minimum absolute atomic E-state index is 0.263. The summed E-state index contributed by atoms with van der Waals surface area (Å²) < 4.78 is 35.8. The van der Waals surface area contributed by atoms with Crippen LogP contribution >= 0.6 is 12.6 Å². The van der Waals surface area contributed by atoms with Gasteiger partial charge in [-0.3, -0.25) is 0 Å². The van der Waals surface area contributed by atoms with E-state index in [1.807, 2.05) is 18.2 Å². The summed E-state index contributed by atoms with van der Waals surface area (Å²) in [6, 6.07) is 5.91. The quantitative estimate of drug-likeness (QED) is 0.336. The van der Waals surface area contributed by atoms with Crippen molar-refractivity contribution in [2.45, 2.75) is 68.9 Å². The summed E-state index contributed by atoms with van der Waals surface area (Å²) in [5.41, 5.74) is 7.72. The largest absolute Gasteiger partial charge is 0.398 e. The molecule has 0 saturated carbocycles. The van der Waals surface area contributed by atoms with Gasteiger partial charge < -0.3 is 5.73 Å². The molecule has 0 radical (unpaired) electrons. The highest BCUT2D eigenvalue weighted by Gasteiger charge is 2.25. The molecule has 0 aromatic heterocycles. The Morgan fingerprint density at radius 3 is 2.05 bits per heavy atom. The van der Waals surface area contributed by atoms with E-state index >= 15 is 0 Å². The number of halogens is 3. The van der Waals surface area contributed by atoms with E-state index in [2.05, 4.69) is 12.6 Å². The van der Waals surface area contributed by atoms with Gasteiger partial charge in [-0.25, -0.2) is 0 Å². The average molecular weight is 319 g/mol.